The lowest BCUT2D eigenvalue weighted by Gasteiger charge is -2.65. The molecule has 1 saturated heterocycles. The van der Waals surface area contributed by atoms with Crippen LogP contribution in [0.2, 0.25) is 0 Å². The molecule has 1 aromatic carbocycles. The minimum Gasteiger partial charge on any atom is -0.363 e. The number of benzene rings is 1. The van der Waals surface area contributed by atoms with Gasteiger partial charge in [0.15, 0.2) is 0 Å². The van der Waals surface area contributed by atoms with E-state index < -0.39 is 0 Å². The Morgan fingerprint density at radius 3 is 2.40 bits per heavy atom. The molecule has 4 aliphatic carbocycles. The summed E-state index contributed by atoms with van der Waals surface area (Å²) in [5.74, 6) is 0.514. The van der Waals surface area contributed by atoms with Crippen LogP contribution in [0.1, 0.15) is 62.7 Å². The summed E-state index contributed by atoms with van der Waals surface area (Å²) in [6, 6.07) is 4.97. The van der Waals surface area contributed by atoms with Crippen molar-refractivity contribution in [3.63, 3.8) is 0 Å². The van der Waals surface area contributed by atoms with Gasteiger partial charge in [-0.15, -0.1) is 0 Å². The SMILES string of the molecule is C[C@]12CC3CC(NC(=O)c4ccc(N5CCNCC5)c([N+](=O)[O-])c4)(C1)C[C@](C)(C3)C2. The predicted octanol–water partition coefficient (Wildman–Crippen LogP) is 3.48. The largest absolute Gasteiger partial charge is 0.363 e. The van der Waals surface area contributed by atoms with E-state index in [2.05, 4.69) is 24.5 Å². The number of nitrogens with zero attached hydrogens (tertiary/aromatic N) is 2. The highest BCUT2D eigenvalue weighted by Crippen LogP contribution is 2.66. The number of amides is 1. The maximum Gasteiger partial charge on any atom is 0.293 e. The molecular formula is C23H32N4O3. The highest BCUT2D eigenvalue weighted by Gasteiger charge is 2.60. The molecule has 0 aromatic heterocycles. The summed E-state index contributed by atoms with van der Waals surface area (Å²) in [6.45, 7) is 7.83. The van der Waals surface area contributed by atoms with E-state index in [0.717, 1.165) is 45.4 Å². The number of hydrogen-bond donors (Lipinski definition) is 2. The maximum absolute atomic E-state index is 13.2. The third-order valence-electron chi connectivity index (χ3n) is 7.90. The molecule has 5 aliphatic rings. The van der Waals surface area contributed by atoms with Crippen LogP contribution in [0.15, 0.2) is 18.2 Å². The van der Waals surface area contributed by atoms with Crippen LogP contribution in [0.3, 0.4) is 0 Å². The van der Waals surface area contributed by atoms with Crippen molar-refractivity contribution in [3.05, 3.63) is 33.9 Å². The predicted molar refractivity (Wildman–Crippen MR) is 116 cm³/mol. The van der Waals surface area contributed by atoms with Crippen molar-refractivity contribution in [2.75, 3.05) is 31.1 Å². The van der Waals surface area contributed by atoms with Crippen molar-refractivity contribution in [2.24, 2.45) is 16.7 Å². The Hall–Kier alpha value is -2.15. The number of hydrogen-bond acceptors (Lipinski definition) is 5. The van der Waals surface area contributed by atoms with E-state index in [0.29, 0.717) is 28.0 Å². The van der Waals surface area contributed by atoms with Crippen molar-refractivity contribution < 1.29 is 9.72 Å². The lowest BCUT2D eigenvalue weighted by molar-refractivity contribution is -0.384. The average molecular weight is 413 g/mol. The first kappa shape index (κ1) is 19.8. The van der Waals surface area contributed by atoms with Crippen LogP contribution in [-0.4, -0.2) is 42.5 Å². The second kappa shape index (κ2) is 6.67. The molecule has 4 bridgehead atoms. The number of nitrogens with one attached hydrogen (secondary N) is 2. The molecule has 1 aromatic rings. The van der Waals surface area contributed by atoms with Gasteiger partial charge in [0.1, 0.15) is 5.69 Å². The summed E-state index contributed by atoms with van der Waals surface area (Å²) in [5, 5.41) is 18.4. The van der Waals surface area contributed by atoms with E-state index in [4.69, 9.17) is 0 Å². The summed E-state index contributed by atoms with van der Waals surface area (Å²) in [7, 11) is 0. The van der Waals surface area contributed by atoms with Gasteiger partial charge < -0.3 is 15.5 Å². The maximum atomic E-state index is 13.2. The van der Waals surface area contributed by atoms with Crippen LogP contribution in [0, 0.1) is 26.9 Å². The van der Waals surface area contributed by atoms with E-state index >= 15 is 0 Å². The molecule has 7 heteroatoms. The Bertz CT molecular complexity index is 876. The van der Waals surface area contributed by atoms with Crippen LogP contribution >= 0.6 is 0 Å². The molecule has 162 valence electrons. The zero-order valence-electron chi connectivity index (χ0n) is 18.0. The molecule has 1 amide bonds. The third kappa shape index (κ3) is 3.37. The van der Waals surface area contributed by atoms with Crippen molar-refractivity contribution in [1.29, 1.82) is 0 Å². The number of carbonyl (C=O) groups is 1. The highest BCUT2D eigenvalue weighted by molar-refractivity contribution is 5.96. The van der Waals surface area contributed by atoms with Gasteiger partial charge in [-0.1, -0.05) is 13.8 Å². The quantitative estimate of drug-likeness (QED) is 0.584. The monoisotopic (exact) mass is 412 g/mol. The van der Waals surface area contributed by atoms with E-state index in [1.165, 1.54) is 25.3 Å². The minimum absolute atomic E-state index is 0.0222. The van der Waals surface area contributed by atoms with Gasteiger partial charge in [0, 0.05) is 43.3 Å². The average Bonchev–Trinajstić information content (AvgIpc) is 2.65. The summed E-state index contributed by atoms with van der Waals surface area (Å²) in [6.07, 6.45) is 6.89. The Labute approximate surface area is 177 Å². The summed E-state index contributed by atoms with van der Waals surface area (Å²) in [4.78, 5) is 26.7. The lowest BCUT2D eigenvalue weighted by atomic mass is 9.43. The molecule has 30 heavy (non-hydrogen) atoms. The summed E-state index contributed by atoms with van der Waals surface area (Å²) >= 11 is 0. The Morgan fingerprint density at radius 2 is 1.80 bits per heavy atom. The standard InChI is InChI=1S/C23H32N4O3/c1-21-10-16-11-22(2,13-21)15-23(12-16,14-21)25-20(28)17-3-4-18(19(9-17)27(29)30)26-7-5-24-6-8-26/h3-4,9,16,24H,5-8,10-15H2,1-2H3,(H,25,28)/t16?,21-,22-,23?/m1/s1. The number of anilines is 1. The van der Waals surface area contributed by atoms with Crippen molar-refractivity contribution in [1.82, 2.24) is 10.6 Å². The highest BCUT2D eigenvalue weighted by atomic mass is 16.6. The fourth-order valence-corrected chi connectivity index (χ4v) is 7.88. The summed E-state index contributed by atoms with van der Waals surface area (Å²) < 4.78 is 0. The van der Waals surface area contributed by atoms with Crippen molar-refractivity contribution in [3.8, 4) is 0 Å². The molecule has 1 aliphatic heterocycles. The van der Waals surface area contributed by atoms with Crippen LogP contribution < -0.4 is 15.5 Å². The number of rotatable bonds is 4. The number of carbonyl (C=O) groups excluding carboxylic acids is 1. The second-order valence-corrected chi connectivity index (χ2v) is 11.1. The van der Waals surface area contributed by atoms with Gasteiger partial charge >= 0.3 is 0 Å². The second-order valence-electron chi connectivity index (χ2n) is 11.1. The molecule has 0 unspecified atom stereocenters. The molecule has 2 N–H and O–H groups in total. The fraction of sp³-hybridized carbons (Fsp3) is 0.696. The van der Waals surface area contributed by atoms with Gasteiger partial charge in [0.05, 0.1) is 4.92 Å². The first-order valence-electron chi connectivity index (χ1n) is 11.3. The van der Waals surface area contributed by atoms with E-state index in [-0.39, 0.29) is 22.1 Å². The molecule has 7 nitrogen and oxygen atoms in total. The van der Waals surface area contributed by atoms with E-state index in [1.807, 2.05) is 4.90 Å². The van der Waals surface area contributed by atoms with Gasteiger partial charge in [-0.3, -0.25) is 14.9 Å². The van der Waals surface area contributed by atoms with E-state index in [1.54, 1.807) is 12.1 Å². The van der Waals surface area contributed by atoms with Crippen LogP contribution in [0.25, 0.3) is 0 Å². The smallest absolute Gasteiger partial charge is 0.293 e. The Kier molecular flexibility index (Phi) is 4.40. The Balaban J connectivity index is 1.40. The normalized spacial score (nSPS) is 37.3. The molecule has 2 atom stereocenters. The zero-order valence-corrected chi connectivity index (χ0v) is 18.0. The lowest BCUT2D eigenvalue weighted by Crippen LogP contribution is -2.65. The minimum atomic E-state index is -0.360. The van der Waals surface area contributed by atoms with Gasteiger partial charge in [-0.2, -0.15) is 0 Å². The van der Waals surface area contributed by atoms with Crippen molar-refractivity contribution >= 4 is 17.3 Å². The topological polar surface area (TPSA) is 87.5 Å². The number of nitro benzene ring substituents is 1. The number of piperazine rings is 1. The molecule has 6 rings (SSSR count). The van der Waals surface area contributed by atoms with Crippen molar-refractivity contribution in [2.45, 2.75) is 57.9 Å². The van der Waals surface area contributed by atoms with Gasteiger partial charge in [0.25, 0.3) is 11.6 Å². The summed E-state index contributed by atoms with van der Waals surface area (Å²) in [5.41, 5.74) is 1.47. The van der Waals surface area contributed by atoms with Crippen LogP contribution in [-0.2, 0) is 0 Å². The van der Waals surface area contributed by atoms with Crippen LogP contribution in [0.4, 0.5) is 11.4 Å². The first-order chi connectivity index (χ1) is 14.2. The van der Waals surface area contributed by atoms with Gasteiger partial charge in [-0.05, 0) is 67.4 Å². The molecule has 0 spiro atoms. The Morgan fingerprint density at radius 1 is 1.13 bits per heavy atom. The molecule has 5 fully saturated rings. The first-order valence-corrected chi connectivity index (χ1v) is 11.3. The molecule has 1 heterocycles. The molecular weight excluding hydrogens is 380 g/mol. The third-order valence-corrected chi connectivity index (χ3v) is 7.90. The molecule has 0 radical (unpaired) electrons. The zero-order chi connectivity index (χ0) is 21.1. The van der Waals surface area contributed by atoms with Gasteiger partial charge in [0.2, 0.25) is 0 Å². The van der Waals surface area contributed by atoms with Gasteiger partial charge in [-0.25, -0.2) is 0 Å². The van der Waals surface area contributed by atoms with Crippen LogP contribution in [0.5, 0.6) is 0 Å². The van der Waals surface area contributed by atoms with E-state index in [9.17, 15) is 14.9 Å². The fourth-order valence-electron chi connectivity index (χ4n) is 7.88. The number of nitro groups is 1. The molecule has 4 saturated carbocycles.